The van der Waals surface area contributed by atoms with Gasteiger partial charge in [0, 0.05) is 0 Å². The van der Waals surface area contributed by atoms with Gasteiger partial charge in [0.2, 0.25) is 0 Å². The zero-order chi connectivity index (χ0) is 24.9. The van der Waals surface area contributed by atoms with Gasteiger partial charge in [-0.1, -0.05) is 157 Å². The Morgan fingerprint density at radius 2 is 0.600 bits per heavy atom. The van der Waals surface area contributed by atoms with Gasteiger partial charge in [-0.25, -0.2) is 0 Å². The van der Waals surface area contributed by atoms with Gasteiger partial charge in [-0.15, -0.1) is 16.6 Å². The van der Waals surface area contributed by atoms with Crippen molar-refractivity contribution < 1.29 is 16.8 Å². The summed E-state index contributed by atoms with van der Waals surface area (Å²) in [6.07, 6.45) is 0. The summed E-state index contributed by atoms with van der Waals surface area (Å²) in [5.41, 5.74) is 6.94. The normalized spacial score (nSPS) is 14.0. The van der Waals surface area contributed by atoms with E-state index in [0.717, 1.165) is 0 Å². The predicted molar refractivity (Wildman–Crippen MR) is 145 cm³/mol. The van der Waals surface area contributed by atoms with Gasteiger partial charge in [-0.05, 0) is 0 Å². The van der Waals surface area contributed by atoms with Crippen molar-refractivity contribution in [1.82, 2.24) is 0 Å². The van der Waals surface area contributed by atoms with Crippen molar-refractivity contribution in [3.05, 3.63) is 15.7 Å². The Labute approximate surface area is 205 Å². The first-order chi connectivity index (χ1) is 11.9. The maximum absolute atomic E-state index is 6.94. The third-order valence-corrected chi connectivity index (χ3v) is 14.7. The molecule has 0 saturated carbocycles. The number of hydrogen-bond donors (Lipinski definition) is 0. The van der Waals surface area contributed by atoms with E-state index in [4.69, 9.17) is 15.7 Å². The molecule has 0 radical (unpaired) electrons. The van der Waals surface area contributed by atoms with Crippen molar-refractivity contribution in [2.45, 2.75) is 157 Å². The Morgan fingerprint density at radius 1 is 0.467 bits per heavy atom. The van der Waals surface area contributed by atoms with Crippen LogP contribution in [0.1, 0.15) is 104 Å². The van der Waals surface area contributed by atoms with Crippen LogP contribution in [0.3, 0.4) is 0 Å². The van der Waals surface area contributed by atoms with Crippen LogP contribution in [-0.4, -0.2) is 33.1 Å². The molecule has 0 amide bonds. The quantitative estimate of drug-likeness (QED) is 0.337. The molecule has 0 aliphatic heterocycles. The summed E-state index contributed by atoms with van der Waals surface area (Å²) in [6.45, 7) is 41.9. The van der Waals surface area contributed by atoms with Crippen molar-refractivity contribution in [2.75, 3.05) is 0 Å². The number of hydrogen-bond acceptors (Lipinski definition) is 0. The summed E-state index contributed by atoms with van der Waals surface area (Å²) in [7, 11) is -2.83. The second-order valence-corrected chi connectivity index (χ2v) is 24.1. The first-order valence-electron chi connectivity index (χ1n) is 11.1. The fourth-order valence-electron chi connectivity index (χ4n) is 2.01. The molecular formula is C24H58CoN3Si2. The number of nitrogens with zero attached hydrogens (tertiary/aromatic N) is 2. The molecule has 0 bridgehead atoms. The van der Waals surface area contributed by atoms with Gasteiger partial charge in [0.25, 0.3) is 0 Å². The van der Waals surface area contributed by atoms with E-state index >= 15 is 0 Å². The monoisotopic (exact) mass is 503 g/mol. The molecule has 0 aliphatic rings. The molecule has 0 atom stereocenters. The predicted octanol–water partition coefficient (Wildman–Crippen LogP) is 10.2. The zero-order valence-corrected chi connectivity index (χ0v) is 27.3. The van der Waals surface area contributed by atoms with Gasteiger partial charge in [0.15, 0.2) is 0 Å². The van der Waals surface area contributed by atoms with Crippen LogP contribution in [0.4, 0.5) is 0 Å². The number of rotatable bonds is 2. The average Bonchev–Trinajstić information content (AvgIpc) is 2.15. The summed E-state index contributed by atoms with van der Waals surface area (Å²) in [5, 5.41) is 0.751. The second-order valence-electron chi connectivity index (χ2n) is 14.4. The first-order valence-corrected chi connectivity index (χ1v) is 17.0. The molecule has 1 N–H and O–H groups in total. The molecule has 0 saturated heterocycles. The van der Waals surface area contributed by atoms with Crippen molar-refractivity contribution in [1.29, 1.82) is 0 Å². The van der Waals surface area contributed by atoms with E-state index in [1.165, 1.54) is 0 Å². The minimum absolute atomic E-state index is 0. The largest absolute Gasteiger partial charge is 3.00 e. The van der Waals surface area contributed by atoms with Gasteiger partial charge in [0.1, 0.15) is 0 Å². The van der Waals surface area contributed by atoms with Crippen LogP contribution >= 0.6 is 0 Å². The average molecular weight is 504 g/mol. The minimum Gasteiger partial charge on any atom is -0.673 e. The van der Waals surface area contributed by atoms with E-state index < -0.39 is 16.5 Å². The van der Waals surface area contributed by atoms with Crippen molar-refractivity contribution >= 4 is 16.5 Å². The van der Waals surface area contributed by atoms with E-state index in [2.05, 4.69) is 109 Å². The second kappa shape index (κ2) is 12.3. The van der Waals surface area contributed by atoms with Gasteiger partial charge < -0.3 is 15.7 Å². The van der Waals surface area contributed by atoms with Crippen LogP contribution in [0.15, 0.2) is 0 Å². The van der Waals surface area contributed by atoms with E-state index in [0.29, 0.717) is 10.1 Å². The molecule has 0 heterocycles. The smallest absolute Gasteiger partial charge is 0.673 e. The molecule has 6 heteroatoms. The fraction of sp³-hybridized carbons (Fsp3) is 1.00. The van der Waals surface area contributed by atoms with Crippen LogP contribution in [-0.2, 0) is 16.8 Å². The topological polar surface area (TPSA) is 52.0 Å². The Kier molecular flexibility index (Phi) is 15.7. The molecule has 0 unspecified atom stereocenters. The van der Waals surface area contributed by atoms with Crippen LogP contribution in [0.25, 0.3) is 15.7 Å². The van der Waals surface area contributed by atoms with Crippen LogP contribution in [0.2, 0.25) is 36.3 Å². The van der Waals surface area contributed by atoms with Crippen molar-refractivity contribution in [3.8, 4) is 0 Å². The summed E-state index contributed by atoms with van der Waals surface area (Å²) in [5.74, 6) is 0. The van der Waals surface area contributed by atoms with E-state index in [-0.39, 0.29) is 33.4 Å². The third-order valence-electron chi connectivity index (χ3n) is 4.90. The molecular weight excluding hydrogens is 445 g/mol. The minimum atomic E-state index is -1.42. The zero-order valence-electron chi connectivity index (χ0n) is 24.2. The Morgan fingerprint density at radius 3 is 0.633 bits per heavy atom. The van der Waals surface area contributed by atoms with Gasteiger partial charge in [-0.2, -0.15) is 0 Å². The Balaban J connectivity index is -0.000000180. The molecule has 0 aromatic carbocycles. The molecule has 0 spiro atoms. The van der Waals surface area contributed by atoms with Crippen molar-refractivity contribution in [2.24, 2.45) is 0 Å². The maximum Gasteiger partial charge on any atom is 3.00 e. The molecule has 0 aromatic heterocycles. The van der Waals surface area contributed by atoms with E-state index in [1.807, 2.05) is 20.8 Å². The molecule has 0 rings (SSSR count). The van der Waals surface area contributed by atoms with Gasteiger partial charge >= 0.3 is 16.8 Å². The van der Waals surface area contributed by atoms with Gasteiger partial charge in [0.05, 0.1) is 0 Å². The van der Waals surface area contributed by atoms with Crippen LogP contribution < -0.4 is 0 Å². The SMILES string of the molecule is CC(C)(C)[N-][Si](C)(C)C(C)(C)C.CC(C)(C)[N-][Si](C)(C)C(C)(C)C.CC(C)(C)[NH-].[Co+3]. The summed E-state index contributed by atoms with van der Waals surface area (Å²) in [6, 6.07) is 0. The van der Waals surface area contributed by atoms with Crippen molar-refractivity contribution in [3.63, 3.8) is 0 Å². The molecule has 30 heavy (non-hydrogen) atoms. The molecule has 3 nitrogen and oxygen atoms in total. The fourth-order valence-corrected chi connectivity index (χ4v) is 6.04. The number of nitrogens with one attached hydrogen (secondary N) is 1. The maximum atomic E-state index is 6.94. The molecule has 186 valence electrons. The van der Waals surface area contributed by atoms with Crippen LogP contribution in [0, 0.1) is 0 Å². The summed E-state index contributed by atoms with van der Waals surface area (Å²) < 4.78 is 0. The van der Waals surface area contributed by atoms with Crippen LogP contribution in [0.5, 0.6) is 0 Å². The standard InChI is InChI=1S/2C10H24NSi.C4H10N.Co/c2*1-9(2,3)11-12(7,8)10(4,5)6;1-4(2,3)5;/h2*1-8H3;5H,1-3H3;/q3*-1;+3. The van der Waals surface area contributed by atoms with E-state index in [9.17, 15) is 0 Å². The molecule has 0 fully saturated rings. The Bertz CT molecular complexity index is 411. The summed E-state index contributed by atoms with van der Waals surface area (Å²) >= 11 is 0. The van der Waals surface area contributed by atoms with E-state index in [1.54, 1.807) is 0 Å². The van der Waals surface area contributed by atoms with Gasteiger partial charge in [-0.3, -0.25) is 0 Å². The molecule has 0 aliphatic carbocycles. The third kappa shape index (κ3) is 23.5. The first kappa shape index (κ1) is 38.1. The summed E-state index contributed by atoms with van der Waals surface area (Å²) in [4.78, 5) is 9.90. The molecule has 0 aromatic rings. The Hall–Kier alpha value is 0.820.